The number of nitrogens with one attached hydrogen (secondary N) is 2. The summed E-state index contributed by atoms with van der Waals surface area (Å²) in [5.41, 5.74) is 2.19. The van der Waals surface area contributed by atoms with Gasteiger partial charge in [-0.25, -0.2) is 4.79 Å². The first-order valence-electron chi connectivity index (χ1n) is 9.31. The molecule has 1 aliphatic heterocycles. The molecule has 2 aromatic carbocycles. The van der Waals surface area contributed by atoms with Gasteiger partial charge in [-0.1, -0.05) is 24.3 Å². The highest BCUT2D eigenvalue weighted by molar-refractivity contribution is 5.99. The summed E-state index contributed by atoms with van der Waals surface area (Å²) in [6, 6.07) is 10.8. The molecule has 0 unspecified atom stereocenters. The lowest BCUT2D eigenvalue weighted by Gasteiger charge is -2.38. The number of carboxylic acid groups (broad SMARTS) is 1. The zero-order chi connectivity index (χ0) is 20.5. The Morgan fingerprint density at radius 3 is 2.59 bits per heavy atom. The molecule has 0 bridgehead atoms. The van der Waals surface area contributed by atoms with Crippen molar-refractivity contribution < 1.29 is 24.2 Å². The predicted molar refractivity (Wildman–Crippen MR) is 105 cm³/mol. The van der Waals surface area contributed by atoms with Gasteiger partial charge in [0.05, 0.1) is 23.3 Å². The van der Waals surface area contributed by atoms with Crippen molar-refractivity contribution in [3.63, 3.8) is 0 Å². The first-order valence-corrected chi connectivity index (χ1v) is 9.31. The van der Waals surface area contributed by atoms with Crippen molar-refractivity contribution in [2.24, 2.45) is 5.92 Å². The first-order chi connectivity index (χ1) is 13.9. The fourth-order valence-corrected chi connectivity index (χ4v) is 4.00. The van der Waals surface area contributed by atoms with E-state index in [1.807, 2.05) is 18.2 Å². The van der Waals surface area contributed by atoms with Crippen LogP contribution in [0.25, 0.3) is 0 Å². The van der Waals surface area contributed by atoms with Crippen LogP contribution in [0.15, 0.2) is 54.6 Å². The molecule has 7 heteroatoms. The zero-order valence-corrected chi connectivity index (χ0v) is 15.7. The van der Waals surface area contributed by atoms with Crippen molar-refractivity contribution in [1.82, 2.24) is 0 Å². The van der Waals surface area contributed by atoms with Crippen molar-refractivity contribution in [1.29, 1.82) is 0 Å². The number of para-hydroxylation sites is 1. The molecule has 2 N–H and O–H groups in total. The Bertz CT molecular complexity index is 1010. The van der Waals surface area contributed by atoms with E-state index in [4.69, 9.17) is 4.74 Å². The zero-order valence-electron chi connectivity index (χ0n) is 15.7. The number of fused-ring (bicyclic) bond motifs is 3. The topological polar surface area (TPSA) is 108 Å². The Morgan fingerprint density at radius 2 is 1.90 bits per heavy atom. The Kier molecular flexibility index (Phi) is 4.80. The highest BCUT2D eigenvalue weighted by Gasteiger charge is 2.39. The van der Waals surface area contributed by atoms with Crippen LogP contribution in [0, 0.1) is 5.92 Å². The molecule has 0 spiro atoms. The number of anilines is 2. The molecule has 148 valence electrons. The Hall–Kier alpha value is -3.61. The van der Waals surface area contributed by atoms with Gasteiger partial charge in [0.1, 0.15) is 5.75 Å². The molecule has 1 amide bonds. The van der Waals surface area contributed by atoms with Crippen LogP contribution in [0.5, 0.6) is 5.75 Å². The molecule has 4 rings (SSSR count). The number of carboxylic acids is 1. The average Bonchev–Trinajstić information content (AvgIpc) is 3.18. The van der Waals surface area contributed by atoms with Crippen LogP contribution in [0.4, 0.5) is 11.4 Å². The number of ether oxygens (including phenoxy) is 1. The van der Waals surface area contributed by atoms with Gasteiger partial charge in [0.2, 0.25) is 5.91 Å². The number of benzene rings is 2. The van der Waals surface area contributed by atoms with Crippen molar-refractivity contribution in [3.05, 3.63) is 65.7 Å². The van der Waals surface area contributed by atoms with Crippen molar-refractivity contribution in [2.45, 2.75) is 25.3 Å². The van der Waals surface area contributed by atoms with Crippen LogP contribution in [-0.4, -0.2) is 23.9 Å². The van der Waals surface area contributed by atoms with E-state index in [9.17, 15) is 19.5 Å². The molecular weight excluding hydrogens is 372 g/mol. The number of aliphatic carboxylic acids is 1. The van der Waals surface area contributed by atoms with Gasteiger partial charge in [-0.15, -0.1) is 0 Å². The number of amides is 1. The van der Waals surface area contributed by atoms with E-state index >= 15 is 0 Å². The number of hydrogen-bond acceptors (Lipinski definition) is 6. The summed E-state index contributed by atoms with van der Waals surface area (Å²) in [5.74, 6) is -1.89. The number of allylic oxidation sites excluding steroid dienone is 2. The summed E-state index contributed by atoms with van der Waals surface area (Å²) in [5, 5.41) is 17.3. The molecule has 2 aliphatic rings. The lowest BCUT2D eigenvalue weighted by molar-refractivity contribution is -0.308. The van der Waals surface area contributed by atoms with Crippen molar-refractivity contribution in [3.8, 4) is 5.75 Å². The average molecular weight is 391 g/mol. The quantitative estimate of drug-likeness (QED) is 0.469. The van der Waals surface area contributed by atoms with Crippen molar-refractivity contribution >= 4 is 29.2 Å². The maximum absolute atomic E-state index is 12.8. The molecule has 0 aromatic heterocycles. The lowest BCUT2D eigenvalue weighted by Crippen LogP contribution is -2.49. The second-order valence-electron chi connectivity index (χ2n) is 7.16. The molecule has 0 radical (unpaired) electrons. The van der Waals surface area contributed by atoms with Crippen LogP contribution in [-0.2, 0) is 9.59 Å². The second-order valence-corrected chi connectivity index (χ2v) is 7.16. The summed E-state index contributed by atoms with van der Waals surface area (Å²) in [4.78, 5) is 35.5. The molecule has 0 saturated heterocycles. The lowest BCUT2D eigenvalue weighted by atomic mass is 9.78. The summed E-state index contributed by atoms with van der Waals surface area (Å²) in [6.07, 6.45) is 4.59. The normalized spacial score (nSPS) is 21.5. The van der Waals surface area contributed by atoms with Crippen LogP contribution < -0.4 is 20.5 Å². The largest absolute Gasteiger partial charge is 0.548 e. The second kappa shape index (κ2) is 7.43. The minimum Gasteiger partial charge on any atom is -0.548 e. The van der Waals surface area contributed by atoms with E-state index in [2.05, 4.69) is 10.6 Å². The Labute approximate surface area is 167 Å². The van der Waals surface area contributed by atoms with Crippen molar-refractivity contribution in [2.75, 3.05) is 10.6 Å². The van der Waals surface area contributed by atoms with Gasteiger partial charge in [-0.3, -0.25) is 4.79 Å². The number of hydrogen-bond donors (Lipinski definition) is 2. The molecule has 2 aromatic rings. The van der Waals surface area contributed by atoms with Crippen LogP contribution >= 0.6 is 0 Å². The maximum Gasteiger partial charge on any atom is 0.345 e. The number of esters is 1. The van der Waals surface area contributed by atoms with E-state index < -0.39 is 18.0 Å². The van der Waals surface area contributed by atoms with E-state index in [1.54, 1.807) is 36.4 Å². The fourth-order valence-electron chi connectivity index (χ4n) is 4.00. The third-order valence-corrected chi connectivity index (χ3v) is 5.26. The van der Waals surface area contributed by atoms with Gasteiger partial charge in [-0.2, -0.15) is 0 Å². The third-order valence-electron chi connectivity index (χ3n) is 5.26. The van der Waals surface area contributed by atoms with E-state index in [0.29, 0.717) is 23.5 Å². The highest BCUT2D eigenvalue weighted by atomic mass is 16.5. The molecular formula is C22H19N2O5-. The third kappa shape index (κ3) is 3.59. The van der Waals surface area contributed by atoms with E-state index in [-0.39, 0.29) is 23.3 Å². The molecule has 29 heavy (non-hydrogen) atoms. The molecule has 7 nitrogen and oxygen atoms in total. The highest BCUT2D eigenvalue weighted by Crippen LogP contribution is 2.45. The number of rotatable bonds is 4. The minimum absolute atomic E-state index is 0.0844. The van der Waals surface area contributed by atoms with E-state index in [0.717, 1.165) is 5.56 Å². The summed E-state index contributed by atoms with van der Waals surface area (Å²) >= 11 is 0. The molecule has 0 fully saturated rings. The predicted octanol–water partition coefficient (Wildman–Crippen LogP) is 2.07. The standard InChI is InChI=1S/C22H20N2O5/c1-12(25)23-13-8-10-14(11-9-13)29-22(28)18-7-3-5-16-15-4-2-6-17(15)20(21(26)27)24-19(16)18/h2-5,7-11,15,17,20,24H,6H2,1H3,(H,23,25)(H,26,27)/p-1/t15-,17+,20-/m1/s1. The van der Waals surface area contributed by atoms with Crippen LogP contribution in [0.3, 0.4) is 0 Å². The number of carbonyl (C=O) groups is 3. The summed E-state index contributed by atoms with van der Waals surface area (Å²) < 4.78 is 5.46. The number of carbonyl (C=O) groups excluding carboxylic acids is 3. The molecule has 1 aliphatic carbocycles. The van der Waals surface area contributed by atoms with E-state index in [1.165, 1.54) is 6.92 Å². The fraction of sp³-hybridized carbons (Fsp3) is 0.227. The smallest absolute Gasteiger partial charge is 0.345 e. The summed E-state index contributed by atoms with van der Waals surface area (Å²) in [7, 11) is 0. The van der Waals surface area contributed by atoms with Crippen LogP contribution in [0.1, 0.15) is 35.2 Å². The first kappa shape index (κ1) is 18.7. The SMILES string of the molecule is CC(=O)Nc1ccc(OC(=O)c2cccc3c2N[C@@H](C(=O)[O-])[C@H]2CC=C[C@H]32)cc1. The van der Waals surface area contributed by atoms with Gasteiger partial charge >= 0.3 is 5.97 Å². The Morgan fingerprint density at radius 1 is 1.14 bits per heavy atom. The maximum atomic E-state index is 12.8. The summed E-state index contributed by atoms with van der Waals surface area (Å²) in [6.45, 7) is 1.41. The molecule has 3 atom stereocenters. The minimum atomic E-state index is -1.19. The van der Waals surface area contributed by atoms with Crippen LogP contribution in [0.2, 0.25) is 0 Å². The Balaban J connectivity index is 1.60. The van der Waals surface area contributed by atoms with Gasteiger partial charge in [0.25, 0.3) is 0 Å². The molecule has 1 heterocycles. The van der Waals surface area contributed by atoms with Gasteiger partial charge < -0.3 is 25.3 Å². The van der Waals surface area contributed by atoms with Gasteiger partial charge in [0, 0.05) is 18.5 Å². The molecule has 0 saturated carbocycles. The van der Waals surface area contributed by atoms with Gasteiger partial charge in [-0.05, 0) is 48.2 Å². The monoisotopic (exact) mass is 391 g/mol. The van der Waals surface area contributed by atoms with Gasteiger partial charge in [0.15, 0.2) is 0 Å².